The van der Waals surface area contributed by atoms with Gasteiger partial charge in [0.2, 0.25) is 5.89 Å². The van der Waals surface area contributed by atoms with Crippen LogP contribution in [0.1, 0.15) is 36.4 Å². The molecule has 0 aliphatic carbocycles. The van der Waals surface area contributed by atoms with Gasteiger partial charge in [0.15, 0.2) is 5.82 Å². The van der Waals surface area contributed by atoms with Gasteiger partial charge in [0.05, 0.1) is 18.8 Å². The van der Waals surface area contributed by atoms with Crippen molar-refractivity contribution in [3.8, 4) is 0 Å². The van der Waals surface area contributed by atoms with Crippen molar-refractivity contribution >= 4 is 10.2 Å². The molecule has 3 rings (SSSR count). The van der Waals surface area contributed by atoms with Gasteiger partial charge in [-0.3, -0.25) is 0 Å². The largest absolute Gasteiger partial charge is 0.468 e. The molecule has 0 radical (unpaired) electrons. The molecule has 1 atom stereocenters. The lowest BCUT2D eigenvalue weighted by Gasteiger charge is -2.22. The number of aryl methyl sites for hydroxylation is 1. The van der Waals surface area contributed by atoms with Gasteiger partial charge in [-0.25, -0.2) is 0 Å². The molecule has 0 bridgehead atoms. The molecule has 1 unspecified atom stereocenters. The maximum atomic E-state index is 12.4. The predicted molar refractivity (Wildman–Crippen MR) is 72.2 cm³/mol. The Morgan fingerprint density at radius 2 is 2.38 bits per heavy atom. The average molecular weight is 312 g/mol. The topological polar surface area (TPSA) is 101 Å². The van der Waals surface area contributed by atoms with E-state index >= 15 is 0 Å². The maximum absolute atomic E-state index is 12.4. The van der Waals surface area contributed by atoms with E-state index < -0.39 is 10.2 Å². The number of rotatable bonds is 5. The van der Waals surface area contributed by atoms with Crippen molar-refractivity contribution < 1.29 is 17.4 Å². The van der Waals surface area contributed by atoms with Crippen molar-refractivity contribution in [3.63, 3.8) is 0 Å². The Bertz CT molecular complexity index is 695. The number of hydrogen-bond donors (Lipinski definition) is 1. The fourth-order valence-corrected chi connectivity index (χ4v) is 3.84. The van der Waals surface area contributed by atoms with E-state index in [2.05, 4.69) is 14.9 Å². The molecule has 0 saturated carbocycles. The first-order valence-electron chi connectivity index (χ1n) is 6.65. The fourth-order valence-electron chi connectivity index (χ4n) is 2.44. The molecule has 114 valence electrons. The van der Waals surface area contributed by atoms with E-state index in [0.717, 1.165) is 12.8 Å². The predicted octanol–water partition coefficient (Wildman–Crippen LogP) is 1.14. The first-order chi connectivity index (χ1) is 10.1. The second-order valence-corrected chi connectivity index (χ2v) is 6.55. The smallest absolute Gasteiger partial charge is 0.280 e. The van der Waals surface area contributed by atoms with Crippen LogP contribution in [0.15, 0.2) is 27.3 Å². The van der Waals surface area contributed by atoms with Crippen LogP contribution < -0.4 is 4.72 Å². The third-order valence-electron chi connectivity index (χ3n) is 3.37. The van der Waals surface area contributed by atoms with Crippen LogP contribution >= 0.6 is 0 Å². The molecule has 1 saturated heterocycles. The van der Waals surface area contributed by atoms with Crippen LogP contribution in [-0.4, -0.2) is 29.4 Å². The van der Waals surface area contributed by atoms with Crippen LogP contribution in [0, 0.1) is 6.92 Å². The summed E-state index contributed by atoms with van der Waals surface area (Å²) in [4.78, 5) is 3.97. The maximum Gasteiger partial charge on any atom is 0.280 e. The van der Waals surface area contributed by atoms with E-state index in [0.29, 0.717) is 24.0 Å². The van der Waals surface area contributed by atoms with Crippen LogP contribution in [0.5, 0.6) is 0 Å². The second-order valence-electron chi connectivity index (χ2n) is 4.84. The van der Waals surface area contributed by atoms with Crippen molar-refractivity contribution in [2.45, 2.75) is 32.4 Å². The van der Waals surface area contributed by atoms with Crippen molar-refractivity contribution in [1.29, 1.82) is 0 Å². The minimum absolute atomic E-state index is 0.00104. The van der Waals surface area contributed by atoms with E-state index in [1.165, 1.54) is 4.31 Å². The lowest BCUT2D eigenvalue weighted by Crippen LogP contribution is -2.40. The molecule has 1 fully saturated rings. The number of hydrogen-bond acceptors (Lipinski definition) is 6. The van der Waals surface area contributed by atoms with Gasteiger partial charge in [-0.05, 0) is 25.0 Å². The molecule has 9 heteroatoms. The van der Waals surface area contributed by atoms with Gasteiger partial charge in [0.1, 0.15) is 5.76 Å². The summed E-state index contributed by atoms with van der Waals surface area (Å²) >= 11 is 0. The first kappa shape index (κ1) is 14.2. The number of nitrogens with zero attached hydrogens (tertiary/aromatic N) is 3. The van der Waals surface area contributed by atoms with Gasteiger partial charge in [-0.2, -0.15) is 22.4 Å². The van der Waals surface area contributed by atoms with Crippen LogP contribution in [0.3, 0.4) is 0 Å². The molecule has 1 N–H and O–H groups in total. The highest BCUT2D eigenvalue weighted by Gasteiger charge is 2.36. The van der Waals surface area contributed by atoms with E-state index in [1.807, 2.05) is 0 Å². The van der Waals surface area contributed by atoms with Crippen LogP contribution in [-0.2, 0) is 16.8 Å². The van der Waals surface area contributed by atoms with Gasteiger partial charge in [0, 0.05) is 13.5 Å². The lowest BCUT2D eigenvalue weighted by atomic mass is 10.2. The Kier molecular flexibility index (Phi) is 3.79. The Balaban J connectivity index is 1.71. The summed E-state index contributed by atoms with van der Waals surface area (Å²) in [7, 11) is -3.62. The highest BCUT2D eigenvalue weighted by molar-refractivity contribution is 7.87. The van der Waals surface area contributed by atoms with Crippen molar-refractivity contribution in [2.75, 3.05) is 6.54 Å². The second kappa shape index (κ2) is 5.58. The zero-order chi connectivity index (χ0) is 14.9. The molecule has 1 aliphatic heterocycles. The molecule has 2 aromatic heterocycles. The van der Waals surface area contributed by atoms with E-state index in [1.54, 1.807) is 25.3 Å². The third kappa shape index (κ3) is 2.99. The molecule has 3 heterocycles. The van der Waals surface area contributed by atoms with Gasteiger partial charge in [-0.1, -0.05) is 5.16 Å². The quantitative estimate of drug-likeness (QED) is 0.888. The highest BCUT2D eigenvalue weighted by Crippen LogP contribution is 2.33. The standard InChI is InChI=1S/C12H16N4O4S/c1-9-14-12(15-20-9)8-13-21(17,18)16-6-2-4-10(16)11-5-3-7-19-11/h3,5,7,10,13H,2,4,6,8H2,1H3. The van der Waals surface area contributed by atoms with Gasteiger partial charge < -0.3 is 8.94 Å². The minimum atomic E-state index is -3.62. The molecule has 0 aromatic carbocycles. The SMILES string of the molecule is Cc1nc(CNS(=O)(=O)N2CCCC2c2ccco2)no1. The van der Waals surface area contributed by atoms with Crippen molar-refractivity contribution in [1.82, 2.24) is 19.2 Å². The fraction of sp³-hybridized carbons (Fsp3) is 0.500. The molecule has 8 nitrogen and oxygen atoms in total. The van der Waals surface area contributed by atoms with Crippen molar-refractivity contribution in [2.24, 2.45) is 0 Å². The molecular formula is C12H16N4O4S. The summed E-state index contributed by atoms with van der Waals surface area (Å²) in [6.07, 6.45) is 3.09. The van der Waals surface area contributed by atoms with E-state index in [-0.39, 0.29) is 12.6 Å². The van der Waals surface area contributed by atoms with E-state index in [4.69, 9.17) is 8.94 Å². The molecule has 0 spiro atoms. The summed E-state index contributed by atoms with van der Waals surface area (Å²) in [5.41, 5.74) is 0. The van der Waals surface area contributed by atoms with Gasteiger partial charge in [-0.15, -0.1) is 0 Å². The molecular weight excluding hydrogens is 296 g/mol. The summed E-state index contributed by atoms with van der Waals surface area (Å²) in [6.45, 7) is 2.12. The van der Waals surface area contributed by atoms with Crippen LogP contribution in [0.4, 0.5) is 0 Å². The molecule has 2 aromatic rings. The zero-order valence-electron chi connectivity index (χ0n) is 11.5. The average Bonchev–Trinajstić information content (AvgIpc) is 3.17. The summed E-state index contributed by atoms with van der Waals surface area (Å²) < 4.78 is 38.9. The Labute approximate surface area is 122 Å². The Hall–Kier alpha value is -1.71. The number of aromatic nitrogens is 2. The van der Waals surface area contributed by atoms with Crippen molar-refractivity contribution in [3.05, 3.63) is 35.9 Å². The van der Waals surface area contributed by atoms with E-state index in [9.17, 15) is 8.42 Å². The third-order valence-corrected chi connectivity index (χ3v) is 4.93. The number of furan rings is 1. The summed E-state index contributed by atoms with van der Waals surface area (Å²) in [6, 6.07) is 3.29. The summed E-state index contributed by atoms with van der Waals surface area (Å²) in [5, 5.41) is 3.66. The summed E-state index contributed by atoms with van der Waals surface area (Å²) in [5.74, 6) is 1.37. The monoisotopic (exact) mass is 312 g/mol. The molecule has 0 amide bonds. The first-order valence-corrected chi connectivity index (χ1v) is 8.09. The lowest BCUT2D eigenvalue weighted by molar-refractivity contribution is 0.335. The highest BCUT2D eigenvalue weighted by atomic mass is 32.2. The Morgan fingerprint density at radius 1 is 1.52 bits per heavy atom. The Morgan fingerprint density at radius 3 is 3.05 bits per heavy atom. The van der Waals surface area contributed by atoms with Gasteiger partial charge in [0.25, 0.3) is 10.2 Å². The molecule has 1 aliphatic rings. The number of nitrogens with one attached hydrogen (secondary N) is 1. The normalized spacial score (nSPS) is 20.1. The molecule has 21 heavy (non-hydrogen) atoms. The van der Waals surface area contributed by atoms with Crippen LogP contribution in [0.25, 0.3) is 0 Å². The van der Waals surface area contributed by atoms with Gasteiger partial charge >= 0.3 is 0 Å². The van der Waals surface area contributed by atoms with Crippen LogP contribution in [0.2, 0.25) is 0 Å². The minimum Gasteiger partial charge on any atom is -0.468 e. The zero-order valence-corrected chi connectivity index (χ0v) is 12.3.